The monoisotopic (exact) mass is 399 g/mol. The van der Waals surface area contributed by atoms with Crippen LogP contribution >= 0.6 is 15.9 Å². The summed E-state index contributed by atoms with van der Waals surface area (Å²) < 4.78 is 0.884. The van der Waals surface area contributed by atoms with Crippen LogP contribution in [-0.4, -0.2) is 4.98 Å². The third-order valence-electron chi connectivity index (χ3n) is 4.56. The fourth-order valence-electron chi connectivity index (χ4n) is 3.39. The molecule has 0 aliphatic heterocycles. The number of fused-ring (bicyclic) bond motifs is 3. The zero-order valence-electron chi connectivity index (χ0n) is 14.3. The first-order chi connectivity index (χ1) is 12.8. The van der Waals surface area contributed by atoms with Crippen molar-refractivity contribution >= 4 is 15.9 Å². The van der Waals surface area contributed by atoms with Crippen LogP contribution in [-0.2, 0) is 6.42 Å². The predicted molar refractivity (Wildman–Crippen MR) is 112 cm³/mol. The summed E-state index contributed by atoms with van der Waals surface area (Å²) >= 11 is 3.20. The minimum Gasteiger partial charge on any atom is -0.249 e. The Morgan fingerprint density at radius 1 is 0.615 bits per heavy atom. The van der Waals surface area contributed by atoms with Crippen LogP contribution in [0.5, 0.6) is 0 Å². The molecule has 4 aromatic rings. The van der Waals surface area contributed by atoms with Crippen LogP contribution in [0.4, 0.5) is 0 Å². The molecule has 1 heterocycles. The molecule has 126 valence electrons. The third kappa shape index (κ3) is 3.47. The van der Waals surface area contributed by atoms with Gasteiger partial charge >= 0.3 is 0 Å². The summed E-state index contributed by atoms with van der Waals surface area (Å²) in [6.07, 6.45) is 2.79. The van der Waals surface area contributed by atoms with Crippen molar-refractivity contribution in [2.45, 2.75) is 6.42 Å². The van der Waals surface area contributed by atoms with Gasteiger partial charge in [-0.3, -0.25) is 0 Å². The zero-order valence-corrected chi connectivity index (χ0v) is 15.9. The highest BCUT2D eigenvalue weighted by Gasteiger charge is 2.20. The number of hydrogen-bond acceptors (Lipinski definition) is 1. The Bertz CT molecular complexity index is 1010. The second-order valence-corrected chi connectivity index (χ2v) is 7.00. The fraction of sp³-hybridized carbons (Fsp3) is 0.0417. The number of halogens is 1. The van der Waals surface area contributed by atoms with Gasteiger partial charge in [-0.25, -0.2) is 4.98 Å². The topological polar surface area (TPSA) is 12.9 Å². The zero-order chi connectivity index (χ0) is 17.8. The number of aromatic nitrogens is 1. The molecule has 0 radical (unpaired) electrons. The van der Waals surface area contributed by atoms with Crippen molar-refractivity contribution in [1.29, 1.82) is 0 Å². The molecule has 0 unspecified atom stereocenters. The van der Waals surface area contributed by atoms with Gasteiger partial charge in [-0.15, -0.1) is 0 Å². The van der Waals surface area contributed by atoms with E-state index in [-0.39, 0.29) is 0 Å². The summed E-state index contributed by atoms with van der Waals surface area (Å²) in [5.74, 6) is 0. The largest absolute Gasteiger partial charge is 0.249 e. The summed E-state index contributed by atoms with van der Waals surface area (Å²) in [4.78, 5) is 3.90. The minimum atomic E-state index is 0.884. The fourth-order valence-corrected chi connectivity index (χ4v) is 3.66. The molecule has 0 fully saturated rings. The van der Waals surface area contributed by atoms with E-state index < -0.39 is 0 Å². The summed E-state index contributed by atoms with van der Waals surface area (Å²) in [7, 11) is 0. The molecule has 0 spiro atoms. The maximum atomic E-state index is 3.90. The second kappa shape index (κ2) is 7.67. The SMILES string of the molecule is Brc1ccccn1.c1ccc(-c2cccc3c2Cc2ccccc2-3)cc1. The van der Waals surface area contributed by atoms with Crippen molar-refractivity contribution in [3.63, 3.8) is 0 Å². The molecule has 0 saturated carbocycles. The molecule has 1 aliphatic carbocycles. The van der Waals surface area contributed by atoms with E-state index in [1.54, 1.807) is 6.20 Å². The molecule has 0 amide bonds. The average Bonchev–Trinajstić information content (AvgIpc) is 3.09. The number of benzene rings is 3. The van der Waals surface area contributed by atoms with Crippen molar-refractivity contribution in [2.75, 3.05) is 0 Å². The maximum absolute atomic E-state index is 3.90. The number of rotatable bonds is 1. The molecule has 0 saturated heterocycles. The van der Waals surface area contributed by atoms with Gasteiger partial charge in [0.25, 0.3) is 0 Å². The molecule has 5 rings (SSSR count). The highest BCUT2D eigenvalue weighted by Crippen LogP contribution is 2.41. The average molecular weight is 400 g/mol. The van der Waals surface area contributed by atoms with Crippen molar-refractivity contribution < 1.29 is 0 Å². The Balaban J connectivity index is 0.000000204. The van der Waals surface area contributed by atoms with E-state index in [1.807, 2.05) is 18.2 Å². The minimum absolute atomic E-state index is 0.884. The molecule has 2 heteroatoms. The van der Waals surface area contributed by atoms with E-state index >= 15 is 0 Å². The van der Waals surface area contributed by atoms with Crippen LogP contribution in [0.3, 0.4) is 0 Å². The van der Waals surface area contributed by atoms with Crippen LogP contribution in [0.25, 0.3) is 22.3 Å². The van der Waals surface area contributed by atoms with Gasteiger partial charge < -0.3 is 0 Å². The lowest BCUT2D eigenvalue weighted by Crippen LogP contribution is -1.87. The molecule has 1 aromatic heterocycles. The molecule has 3 aromatic carbocycles. The van der Waals surface area contributed by atoms with Crippen molar-refractivity contribution in [2.24, 2.45) is 0 Å². The Morgan fingerprint density at radius 3 is 2.04 bits per heavy atom. The predicted octanol–water partition coefficient (Wildman–Crippen LogP) is 6.77. The lowest BCUT2D eigenvalue weighted by atomic mass is 9.96. The van der Waals surface area contributed by atoms with Crippen molar-refractivity contribution in [3.05, 3.63) is 113 Å². The van der Waals surface area contributed by atoms with Gasteiger partial charge in [-0.05, 0) is 67.9 Å². The van der Waals surface area contributed by atoms with Crippen LogP contribution in [0, 0.1) is 0 Å². The third-order valence-corrected chi connectivity index (χ3v) is 5.03. The van der Waals surface area contributed by atoms with Gasteiger partial charge in [0.2, 0.25) is 0 Å². The summed E-state index contributed by atoms with van der Waals surface area (Å²) in [6, 6.07) is 31.8. The van der Waals surface area contributed by atoms with Crippen molar-refractivity contribution in [1.82, 2.24) is 4.98 Å². The Kier molecular flexibility index (Phi) is 4.94. The van der Waals surface area contributed by atoms with Gasteiger partial charge in [0.1, 0.15) is 4.60 Å². The highest BCUT2D eigenvalue weighted by molar-refractivity contribution is 9.10. The number of pyridine rings is 1. The number of hydrogen-bond donors (Lipinski definition) is 0. The molecule has 26 heavy (non-hydrogen) atoms. The first kappa shape index (κ1) is 16.7. The second-order valence-electron chi connectivity index (χ2n) is 6.18. The molecule has 0 N–H and O–H groups in total. The Labute approximate surface area is 162 Å². The van der Waals surface area contributed by atoms with E-state index in [4.69, 9.17) is 0 Å². The van der Waals surface area contributed by atoms with E-state index in [9.17, 15) is 0 Å². The summed E-state index contributed by atoms with van der Waals surface area (Å²) in [5, 5.41) is 0. The lowest BCUT2D eigenvalue weighted by molar-refractivity contribution is 1.26. The first-order valence-electron chi connectivity index (χ1n) is 8.65. The van der Waals surface area contributed by atoms with Crippen LogP contribution in [0.15, 0.2) is 102 Å². The lowest BCUT2D eigenvalue weighted by Gasteiger charge is -2.08. The van der Waals surface area contributed by atoms with Gasteiger partial charge in [0.05, 0.1) is 0 Å². The van der Waals surface area contributed by atoms with E-state index in [0.717, 1.165) is 11.0 Å². The van der Waals surface area contributed by atoms with E-state index in [1.165, 1.54) is 33.4 Å². The van der Waals surface area contributed by atoms with Gasteiger partial charge in [-0.2, -0.15) is 0 Å². The van der Waals surface area contributed by atoms with Gasteiger partial charge in [-0.1, -0.05) is 78.9 Å². The number of nitrogens with zero attached hydrogens (tertiary/aromatic N) is 1. The van der Waals surface area contributed by atoms with Crippen LogP contribution < -0.4 is 0 Å². The maximum Gasteiger partial charge on any atom is 0.106 e. The van der Waals surface area contributed by atoms with E-state index in [2.05, 4.69) is 93.7 Å². The molecule has 1 aliphatic rings. The molecule has 1 nitrogen and oxygen atoms in total. The Morgan fingerprint density at radius 2 is 1.31 bits per heavy atom. The molecule has 0 atom stereocenters. The van der Waals surface area contributed by atoms with Gasteiger partial charge in [0, 0.05) is 6.20 Å². The van der Waals surface area contributed by atoms with E-state index in [0.29, 0.717) is 0 Å². The smallest absolute Gasteiger partial charge is 0.106 e. The van der Waals surface area contributed by atoms with Crippen LogP contribution in [0.1, 0.15) is 11.1 Å². The molecule has 0 bridgehead atoms. The summed E-state index contributed by atoms with van der Waals surface area (Å²) in [6.45, 7) is 0. The standard InChI is InChI=1S/C19H14.C5H4BrN/c1-2-7-14(8-3-1)16-11-6-12-18-17-10-5-4-9-15(17)13-19(16)18;6-5-3-1-2-4-7-5/h1-12H,13H2;1-4H. The highest BCUT2D eigenvalue weighted by atomic mass is 79.9. The van der Waals surface area contributed by atoms with Gasteiger partial charge in [0.15, 0.2) is 0 Å². The molecular weight excluding hydrogens is 382 g/mol. The normalized spacial score (nSPS) is 11.1. The van der Waals surface area contributed by atoms with Crippen LogP contribution in [0.2, 0.25) is 0 Å². The first-order valence-corrected chi connectivity index (χ1v) is 9.44. The quantitative estimate of drug-likeness (QED) is 0.283. The Hall–Kier alpha value is -2.71. The van der Waals surface area contributed by atoms with Crippen molar-refractivity contribution in [3.8, 4) is 22.3 Å². The summed E-state index contributed by atoms with van der Waals surface area (Å²) in [5.41, 5.74) is 8.39. The molecular formula is C24H18BrN.